The summed E-state index contributed by atoms with van der Waals surface area (Å²) in [6, 6.07) is 5.13. The van der Waals surface area contributed by atoms with Crippen molar-refractivity contribution < 1.29 is 4.39 Å². The molecule has 2 aromatic rings. The Morgan fingerprint density at radius 2 is 2.21 bits per heavy atom. The van der Waals surface area contributed by atoms with Crippen molar-refractivity contribution in [3.8, 4) is 0 Å². The largest absolute Gasteiger partial charge is 0.309 e. The minimum absolute atomic E-state index is 0.129. The Labute approximate surface area is 116 Å². The van der Waals surface area contributed by atoms with Crippen LogP contribution in [0, 0.1) is 5.82 Å². The first-order valence-corrected chi connectivity index (χ1v) is 6.48. The summed E-state index contributed by atoms with van der Waals surface area (Å²) >= 11 is 5.64. The lowest BCUT2D eigenvalue weighted by Crippen LogP contribution is -2.21. The quantitative estimate of drug-likeness (QED) is 0.917. The van der Waals surface area contributed by atoms with Crippen molar-refractivity contribution in [2.24, 2.45) is 0 Å². The average molecular weight is 283 g/mol. The number of rotatable bonds is 5. The van der Waals surface area contributed by atoms with Gasteiger partial charge in [0, 0.05) is 12.6 Å². The monoisotopic (exact) mass is 282 g/mol. The zero-order valence-electron chi connectivity index (χ0n) is 10.9. The minimum atomic E-state index is -0.416. The SMILES string of the molecule is CC(C)NCc1cn(Cc2ccc(Cl)c(F)c2)nn1. The van der Waals surface area contributed by atoms with Gasteiger partial charge < -0.3 is 5.32 Å². The van der Waals surface area contributed by atoms with Crippen molar-refractivity contribution >= 4 is 11.6 Å². The molecule has 1 aromatic heterocycles. The molecule has 1 heterocycles. The van der Waals surface area contributed by atoms with Crippen LogP contribution in [0.2, 0.25) is 5.02 Å². The fraction of sp³-hybridized carbons (Fsp3) is 0.385. The topological polar surface area (TPSA) is 42.7 Å². The van der Waals surface area contributed by atoms with Crippen LogP contribution < -0.4 is 5.32 Å². The summed E-state index contributed by atoms with van der Waals surface area (Å²) in [6.07, 6.45) is 1.85. The van der Waals surface area contributed by atoms with Gasteiger partial charge in [0.05, 0.1) is 23.5 Å². The van der Waals surface area contributed by atoms with Crippen LogP contribution in [0.5, 0.6) is 0 Å². The van der Waals surface area contributed by atoms with Gasteiger partial charge in [0.2, 0.25) is 0 Å². The van der Waals surface area contributed by atoms with Crippen LogP contribution in [-0.2, 0) is 13.1 Å². The maximum absolute atomic E-state index is 13.3. The maximum Gasteiger partial charge on any atom is 0.142 e. The minimum Gasteiger partial charge on any atom is -0.309 e. The Kier molecular flexibility index (Phi) is 4.50. The highest BCUT2D eigenvalue weighted by Crippen LogP contribution is 2.16. The molecular formula is C13H16ClFN4. The first kappa shape index (κ1) is 14.0. The van der Waals surface area contributed by atoms with Gasteiger partial charge in [-0.25, -0.2) is 9.07 Å². The Hall–Kier alpha value is -1.46. The molecule has 0 aliphatic rings. The molecule has 0 aliphatic carbocycles. The van der Waals surface area contributed by atoms with Gasteiger partial charge in [0.25, 0.3) is 0 Å². The highest BCUT2D eigenvalue weighted by Gasteiger charge is 2.05. The van der Waals surface area contributed by atoms with Gasteiger partial charge in [-0.3, -0.25) is 0 Å². The Morgan fingerprint density at radius 1 is 1.42 bits per heavy atom. The zero-order valence-corrected chi connectivity index (χ0v) is 11.7. The first-order valence-electron chi connectivity index (χ1n) is 6.11. The summed E-state index contributed by atoms with van der Waals surface area (Å²) in [5, 5.41) is 11.5. The molecule has 19 heavy (non-hydrogen) atoms. The third kappa shape index (κ3) is 4.01. The van der Waals surface area contributed by atoms with Crippen LogP contribution in [0.15, 0.2) is 24.4 Å². The van der Waals surface area contributed by atoms with Gasteiger partial charge >= 0.3 is 0 Å². The standard InChI is InChI=1S/C13H16ClFN4/c1-9(2)16-6-11-8-19(18-17-11)7-10-3-4-12(14)13(15)5-10/h3-5,8-9,16H,6-7H2,1-2H3. The predicted octanol–water partition coefficient (Wildman–Crippen LogP) is 2.62. The summed E-state index contributed by atoms with van der Waals surface area (Å²) < 4.78 is 15.0. The molecule has 0 saturated carbocycles. The molecule has 0 fully saturated rings. The lowest BCUT2D eigenvalue weighted by atomic mass is 10.2. The van der Waals surface area contributed by atoms with E-state index < -0.39 is 5.82 Å². The van der Waals surface area contributed by atoms with Crippen molar-refractivity contribution in [3.63, 3.8) is 0 Å². The molecule has 0 amide bonds. The molecule has 1 aromatic carbocycles. The average Bonchev–Trinajstić information content (AvgIpc) is 2.79. The number of hydrogen-bond acceptors (Lipinski definition) is 3. The van der Waals surface area contributed by atoms with E-state index in [1.165, 1.54) is 6.07 Å². The van der Waals surface area contributed by atoms with E-state index in [-0.39, 0.29) is 5.02 Å². The van der Waals surface area contributed by atoms with Crippen LogP contribution in [0.25, 0.3) is 0 Å². The smallest absolute Gasteiger partial charge is 0.142 e. The molecule has 102 valence electrons. The van der Waals surface area contributed by atoms with Gasteiger partial charge in [0.1, 0.15) is 5.82 Å². The second-order valence-corrected chi connectivity index (χ2v) is 5.10. The summed E-state index contributed by atoms with van der Waals surface area (Å²) in [4.78, 5) is 0. The van der Waals surface area contributed by atoms with Crippen LogP contribution in [0.3, 0.4) is 0 Å². The van der Waals surface area contributed by atoms with Gasteiger partial charge in [-0.1, -0.05) is 36.7 Å². The summed E-state index contributed by atoms with van der Waals surface area (Å²) in [5.74, 6) is -0.416. The molecule has 0 radical (unpaired) electrons. The Bertz CT molecular complexity index is 553. The molecular weight excluding hydrogens is 267 g/mol. The number of nitrogens with one attached hydrogen (secondary N) is 1. The summed E-state index contributed by atoms with van der Waals surface area (Å²) in [5.41, 5.74) is 1.67. The number of nitrogens with zero attached hydrogens (tertiary/aromatic N) is 3. The van der Waals surface area contributed by atoms with Gasteiger partial charge in [-0.2, -0.15) is 0 Å². The zero-order chi connectivity index (χ0) is 13.8. The molecule has 2 rings (SSSR count). The lowest BCUT2D eigenvalue weighted by Gasteiger charge is -2.04. The van der Waals surface area contributed by atoms with Crippen LogP contribution in [-0.4, -0.2) is 21.0 Å². The third-order valence-electron chi connectivity index (χ3n) is 2.61. The molecule has 4 nitrogen and oxygen atoms in total. The number of halogens is 2. The highest BCUT2D eigenvalue weighted by atomic mass is 35.5. The predicted molar refractivity (Wildman–Crippen MR) is 72.5 cm³/mol. The molecule has 0 bridgehead atoms. The van der Waals surface area contributed by atoms with E-state index in [2.05, 4.69) is 29.5 Å². The van der Waals surface area contributed by atoms with E-state index >= 15 is 0 Å². The van der Waals surface area contributed by atoms with E-state index in [0.29, 0.717) is 19.1 Å². The number of hydrogen-bond donors (Lipinski definition) is 1. The Balaban J connectivity index is 2.01. The number of benzene rings is 1. The van der Waals surface area contributed by atoms with E-state index in [1.54, 1.807) is 16.8 Å². The molecule has 0 unspecified atom stereocenters. The van der Waals surface area contributed by atoms with Crippen LogP contribution in [0.1, 0.15) is 25.1 Å². The molecule has 0 spiro atoms. The summed E-state index contributed by atoms with van der Waals surface area (Å²) in [6.45, 7) is 5.29. The fourth-order valence-corrected chi connectivity index (χ4v) is 1.75. The van der Waals surface area contributed by atoms with Crippen molar-refractivity contribution in [1.82, 2.24) is 20.3 Å². The molecule has 0 saturated heterocycles. The van der Waals surface area contributed by atoms with Crippen molar-refractivity contribution in [1.29, 1.82) is 0 Å². The van der Waals surface area contributed by atoms with E-state index in [0.717, 1.165) is 11.3 Å². The highest BCUT2D eigenvalue weighted by molar-refractivity contribution is 6.30. The van der Waals surface area contributed by atoms with Gasteiger partial charge in [-0.05, 0) is 17.7 Å². The van der Waals surface area contributed by atoms with E-state index in [4.69, 9.17) is 11.6 Å². The van der Waals surface area contributed by atoms with Crippen LogP contribution >= 0.6 is 11.6 Å². The molecule has 1 N–H and O–H groups in total. The maximum atomic E-state index is 13.3. The molecule has 0 atom stereocenters. The normalized spacial score (nSPS) is 11.2. The van der Waals surface area contributed by atoms with Crippen molar-refractivity contribution in [3.05, 3.63) is 46.5 Å². The van der Waals surface area contributed by atoms with E-state index in [9.17, 15) is 4.39 Å². The van der Waals surface area contributed by atoms with E-state index in [1.807, 2.05) is 6.20 Å². The van der Waals surface area contributed by atoms with Gasteiger partial charge in [0.15, 0.2) is 0 Å². The van der Waals surface area contributed by atoms with Crippen LogP contribution in [0.4, 0.5) is 4.39 Å². The first-order chi connectivity index (χ1) is 9.04. The third-order valence-corrected chi connectivity index (χ3v) is 2.91. The molecule has 0 aliphatic heterocycles. The Morgan fingerprint density at radius 3 is 2.89 bits per heavy atom. The summed E-state index contributed by atoms with van der Waals surface area (Å²) in [7, 11) is 0. The molecule has 6 heteroatoms. The van der Waals surface area contributed by atoms with Crippen molar-refractivity contribution in [2.45, 2.75) is 33.0 Å². The fourth-order valence-electron chi connectivity index (χ4n) is 1.63. The second-order valence-electron chi connectivity index (χ2n) is 4.69. The number of aromatic nitrogens is 3. The lowest BCUT2D eigenvalue weighted by molar-refractivity contribution is 0.580. The van der Waals surface area contributed by atoms with Gasteiger partial charge in [-0.15, -0.1) is 5.10 Å². The van der Waals surface area contributed by atoms with Crippen molar-refractivity contribution in [2.75, 3.05) is 0 Å². The second kappa shape index (κ2) is 6.12.